The van der Waals surface area contributed by atoms with Gasteiger partial charge in [0.15, 0.2) is 6.61 Å². The van der Waals surface area contributed by atoms with Gasteiger partial charge in [0.05, 0.1) is 16.9 Å². The Bertz CT molecular complexity index is 1290. The number of nitrogens with zero attached hydrogens (tertiary/aromatic N) is 2. The van der Waals surface area contributed by atoms with Crippen LogP contribution in [0.15, 0.2) is 52.0 Å². The maximum absolute atomic E-state index is 12.6. The van der Waals surface area contributed by atoms with Gasteiger partial charge in [-0.15, -0.1) is 34.4 Å². The second kappa shape index (κ2) is 9.78. The van der Waals surface area contributed by atoms with Gasteiger partial charge in [-0.2, -0.15) is 5.26 Å². The second-order valence-electron chi connectivity index (χ2n) is 6.33. The number of benzene rings is 1. The van der Waals surface area contributed by atoms with Crippen LogP contribution in [0.5, 0.6) is 5.75 Å². The highest BCUT2D eigenvalue weighted by molar-refractivity contribution is 7.99. The summed E-state index contributed by atoms with van der Waals surface area (Å²) in [6, 6.07) is 12.6. The van der Waals surface area contributed by atoms with E-state index in [0.29, 0.717) is 33.2 Å². The van der Waals surface area contributed by atoms with Crippen molar-refractivity contribution in [1.29, 1.82) is 5.26 Å². The number of ether oxygens (including phenoxy) is 1. The molecule has 0 aliphatic heterocycles. The largest absolute Gasteiger partial charge is 0.479 e. The number of thioether (sulfide) groups is 1. The zero-order chi connectivity index (χ0) is 21.6. The molecule has 0 radical (unpaired) electrons. The third-order valence-corrected chi connectivity index (χ3v) is 6.91. The number of carbonyl (C=O) groups excluding carboxylic acids is 1. The molecule has 1 amide bonds. The zero-order valence-corrected chi connectivity index (χ0v) is 18.5. The van der Waals surface area contributed by atoms with E-state index in [2.05, 4.69) is 15.3 Å². The Morgan fingerprint density at radius 3 is 2.84 bits per heavy atom. The molecule has 0 saturated heterocycles. The number of amides is 1. The summed E-state index contributed by atoms with van der Waals surface area (Å²) >= 11 is 4.41. The van der Waals surface area contributed by atoms with E-state index in [4.69, 9.17) is 10.00 Å². The molecule has 0 bridgehead atoms. The SMILES string of the molecule is N#CCOc1ccc(NC(=O)CSCc2nc3scc(-c4cccs4)c3c(=O)[nH]2)cc1. The Morgan fingerprint density at radius 1 is 1.26 bits per heavy atom. The van der Waals surface area contributed by atoms with Crippen LogP contribution in [-0.4, -0.2) is 28.2 Å². The van der Waals surface area contributed by atoms with Gasteiger partial charge in [0.1, 0.15) is 22.5 Å². The molecule has 7 nitrogen and oxygen atoms in total. The topological polar surface area (TPSA) is 108 Å². The maximum Gasteiger partial charge on any atom is 0.260 e. The first kappa shape index (κ1) is 21.1. The number of hydrogen-bond acceptors (Lipinski definition) is 8. The lowest BCUT2D eigenvalue weighted by Gasteiger charge is -2.07. The number of anilines is 1. The average molecular weight is 469 g/mol. The van der Waals surface area contributed by atoms with Crippen LogP contribution < -0.4 is 15.6 Å². The van der Waals surface area contributed by atoms with Crippen LogP contribution in [0, 0.1) is 11.3 Å². The Balaban J connectivity index is 1.34. The second-order valence-corrected chi connectivity index (χ2v) is 9.12. The lowest BCUT2D eigenvalue weighted by Crippen LogP contribution is -2.15. The summed E-state index contributed by atoms with van der Waals surface area (Å²) in [6.45, 7) is -0.0227. The first-order valence-corrected chi connectivity index (χ1v) is 12.1. The Morgan fingerprint density at radius 2 is 2.10 bits per heavy atom. The minimum Gasteiger partial charge on any atom is -0.479 e. The van der Waals surface area contributed by atoms with Gasteiger partial charge < -0.3 is 15.0 Å². The summed E-state index contributed by atoms with van der Waals surface area (Å²) in [6.07, 6.45) is 0. The van der Waals surface area contributed by atoms with Gasteiger partial charge in [-0.1, -0.05) is 6.07 Å². The molecule has 0 fully saturated rings. The number of hydrogen-bond donors (Lipinski definition) is 2. The fourth-order valence-electron chi connectivity index (χ4n) is 2.86. The van der Waals surface area contributed by atoms with Gasteiger partial charge in [-0.05, 0) is 35.7 Å². The molecule has 156 valence electrons. The van der Waals surface area contributed by atoms with Crippen LogP contribution in [0.2, 0.25) is 0 Å². The number of H-pyrrole nitrogens is 1. The highest BCUT2D eigenvalue weighted by Gasteiger charge is 2.14. The minimum atomic E-state index is -0.159. The van der Waals surface area contributed by atoms with Gasteiger partial charge in [0, 0.05) is 21.5 Å². The minimum absolute atomic E-state index is 0.0227. The average Bonchev–Trinajstić information content (AvgIpc) is 3.43. The fraction of sp³-hybridized carbons (Fsp3) is 0.143. The van der Waals surface area contributed by atoms with Gasteiger partial charge >= 0.3 is 0 Å². The third-order valence-electron chi connectivity index (χ3n) is 4.19. The van der Waals surface area contributed by atoms with Crippen LogP contribution in [0.25, 0.3) is 20.7 Å². The van der Waals surface area contributed by atoms with E-state index < -0.39 is 0 Å². The molecule has 10 heteroatoms. The summed E-state index contributed by atoms with van der Waals surface area (Å²) < 4.78 is 5.18. The zero-order valence-electron chi connectivity index (χ0n) is 16.1. The lowest BCUT2D eigenvalue weighted by molar-refractivity contribution is -0.113. The fourth-order valence-corrected chi connectivity index (χ4v) is 5.33. The maximum atomic E-state index is 12.6. The molecule has 4 aromatic rings. The molecule has 0 saturated carbocycles. The van der Waals surface area contributed by atoms with Crippen LogP contribution in [0.4, 0.5) is 5.69 Å². The predicted molar refractivity (Wildman–Crippen MR) is 126 cm³/mol. The van der Waals surface area contributed by atoms with Gasteiger partial charge in [0.25, 0.3) is 5.56 Å². The van der Waals surface area contributed by atoms with Gasteiger partial charge in [-0.25, -0.2) is 4.98 Å². The number of thiophene rings is 2. The van der Waals surface area contributed by atoms with Crippen LogP contribution in [0.1, 0.15) is 5.82 Å². The summed E-state index contributed by atoms with van der Waals surface area (Å²) in [5.74, 6) is 1.60. The van der Waals surface area contributed by atoms with E-state index in [1.54, 1.807) is 35.6 Å². The van der Waals surface area contributed by atoms with E-state index in [1.165, 1.54) is 23.1 Å². The van der Waals surface area contributed by atoms with E-state index in [0.717, 1.165) is 10.4 Å². The number of aromatic amines is 1. The highest BCUT2D eigenvalue weighted by Crippen LogP contribution is 2.33. The molecule has 0 spiro atoms. The first-order valence-electron chi connectivity index (χ1n) is 9.15. The Labute approximate surface area is 189 Å². The summed E-state index contributed by atoms with van der Waals surface area (Å²) in [5, 5.41) is 15.9. The van der Waals surface area contributed by atoms with E-state index in [9.17, 15) is 9.59 Å². The number of carbonyl (C=O) groups is 1. The quantitative estimate of drug-likeness (QED) is 0.395. The van der Waals surface area contributed by atoms with Crippen molar-refractivity contribution in [2.45, 2.75) is 5.75 Å². The van der Waals surface area contributed by atoms with Crippen molar-refractivity contribution in [1.82, 2.24) is 9.97 Å². The Kier molecular flexibility index (Phi) is 6.66. The summed E-state index contributed by atoms with van der Waals surface area (Å²) in [4.78, 5) is 33.9. The molecule has 0 aliphatic rings. The van der Waals surface area contributed by atoms with Gasteiger partial charge in [0.2, 0.25) is 5.91 Å². The number of nitrogens with one attached hydrogen (secondary N) is 2. The van der Waals surface area contributed by atoms with E-state index in [-0.39, 0.29) is 23.8 Å². The summed E-state index contributed by atoms with van der Waals surface area (Å²) in [7, 11) is 0. The van der Waals surface area contributed by atoms with Crippen molar-refractivity contribution in [3.63, 3.8) is 0 Å². The van der Waals surface area contributed by atoms with Crippen LogP contribution in [0.3, 0.4) is 0 Å². The van der Waals surface area contributed by atoms with E-state index in [1.807, 2.05) is 29.0 Å². The highest BCUT2D eigenvalue weighted by atomic mass is 32.2. The monoisotopic (exact) mass is 468 g/mol. The van der Waals surface area contributed by atoms with Crippen molar-refractivity contribution in [3.05, 3.63) is 63.3 Å². The van der Waals surface area contributed by atoms with Gasteiger partial charge in [-0.3, -0.25) is 9.59 Å². The van der Waals surface area contributed by atoms with Crippen molar-refractivity contribution in [2.75, 3.05) is 17.7 Å². The molecular weight excluding hydrogens is 452 g/mol. The number of fused-ring (bicyclic) bond motifs is 1. The molecule has 31 heavy (non-hydrogen) atoms. The van der Waals surface area contributed by atoms with E-state index >= 15 is 0 Å². The predicted octanol–water partition coefficient (Wildman–Crippen LogP) is 4.49. The van der Waals surface area contributed by atoms with Crippen molar-refractivity contribution in [3.8, 4) is 22.3 Å². The smallest absolute Gasteiger partial charge is 0.260 e. The normalized spacial score (nSPS) is 10.7. The number of rotatable bonds is 8. The molecular formula is C21H16N4O3S3. The lowest BCUT2D eigenvalue weighted by atomic mass is 10.2. The van der Waals surface area contributed by atoms with Crippen molar-refractivity contribution >= 4 is 56.2 Å². The molecule has 2 N–H and O–H groups in total. The Hall–Kier alpha value is -3.13. The molecule has 4 rings (SSSR count). The standard InChI is InChI=1S/C21H16N4O3S3/c22-7-8-28-14-5-3-13(4-6-14)23-18(26)12-29-11-17-24-20(27)19-15(10-31-21(19)25-17)16-2-1-9-30-16/h1-6,9-10H,8,11-12H2,(H,23,26)(H,24,25,27). The molecule has 1 aromatic carbocycles. The van der Waals surface area contributed by atoms with Crippen LogP contribution >= 0.6 is 34.4 Å². The number of nitriles is 1. The summed E-state index contributed by atoms with van der Waals surface area (Å²) in [5.41, 5.74) is 1.39. The third kappa shape index (κ3) is 5.14. The first-order chi connectivity index (χ1) is 15.1. The molecule has 3 aromatic heterocycles. The van der Waals surface area contributed by atoms with Crippen molar-refractivity contribution in [2.24, 2.45) is 0 Å². The molecule has 0 atom stereocenters. The van der Waals surface area contributed by atoms with Crippen molar-refractivity contribution < 1.29 is 9.53 Å². The molecule has 0 unspecified atom stereocenters. The molecule has 0 aliphatic carbocycles. The van der Waals surface area contributed by atoms with Crippen LogP contribution in [-0.2, 0) is 10.5 Å². The molecule has 3 heterocycles. The number of aromatic nitrogens is 2.